The first-order valence-electron chi connectivity index (χ1n) is 6.88. The smallest absolute Gasteiger partial charge is 0.0292 e. The van der Waals surface area contributed by atoms with Gasteiger partial charge in [0.1, 0.15) is 0 Å². The molecule has 0 nitrogen and oxygen atoms in total. The van der Waals surface area contributed by atoms with Crippen LogP contribution < -0.4 is 0 Å². The van der Waals surface area contributed by atoms with Crippen molar-refractivity contribution in [2.24, 2.45) is 5.92 Å². The van der Waals surface area contributed by atoms with E-state index in [1.807, 2.05) is 0 Å². The lowest BCUT2D eigenvalue weighted by atomic mass is 9.85. The van der Waals surface area contributed by atoms with E-state index in [1.54, 1.807) is 11.1 Å². The lowest BCUT2D eigenvalue weighted by Gasteiger charge is -2.21. The fourth-order valence-electron chi connectivity index (χ4n) is 2.86. The van der Waals surface area contributed by atoms with Gasteiger partial charge in [0.15, 0.2) is 0 Å². The summed E-state index contributed by atoms with van der Waals surface area (Å²) < 4.78 is 0. The number of fused-ring (bicyclic) bond motifs is 1. The number of alkyl halides is 1. The van der Waals surface area contributed by atoms with Crippen LogP contribution in [0.2, 0.25) is 0 Å². The maximum Gasteiger partial charge on any atom is 0.0292 e. The maximum atomic E-state index is 6.13. The molecule has 0 N–H and O–H groups in total. The van der Waals surface area contributed by atoms with Crippen LogP contribution >= 0.6 is 11.6 Å². The van der Waals surface area contributed by atoms with Gasteiger partial charge in [-0.3, -0.25) is 0 Å². The van der Waals surface area contributed by atoms with Crippen molar-refractivity contribution >= 4 is 11.6 Å². The molecule has 0 amide bonds. The number of hydrogen-bond donors (Lipinski definition) is 0. The Labute approximate surface area is 110 Å². The van der Waals surface area contributed by atoms with Crippen LogP contribution in [0.25, 0.3) is 0 Å². The van der Waals surface area contributed by atoms with Crippen LogP contribution in [0.4, 0.5) is 0 Å². The topological polar surface area (TPSA) is 0 Å². The van der Waals surface area contributed by atoms with Gasteiger partial charge in [-0.05, 0) is 60.6 Å². The second kappa shape index (κ2) is 5.91. The summed E-state index contributed by atoms with van der Waals surface area (Å²) in [7, 11) is 0. The van der Waals surface area contributed by atoms with E-state index >= 15 is 0 Å². The highest BCUT2D eigenvalue weighted by molar-refractivity contribution is 6.18. The van der Waals surface area contributed by atoms with Crippen LogP contribution in [0, 0.1) is 5.92 Å². The van der Waals surface area contributed by atoms with E-state index in [0.29, 0.717) is 5.92 Å². The minimum Gasteiger partial charge on any atom is -0.126 e. The van der Waals surface area contributed by atoms with Crippen LogP contribution in [0.3, 0.4) is 0 Å². The molecule has 1 aromatic carbocycles. The molecular weight excluding hydrogens is 228 g/mol. The van der Waals surface area contributed by atoms with E-state index in [4.69, 9.17) is 11.6 Å². The SMILES string of the molecule is CC(C)CC(CCl)c1ccc2c(c1)CCCC2. The number of halogens is 1. The van der Waals surface area contributed by atoms with Crippen molar-refractivity contribution in [2.45, 2.75) is 51.9 Å². The van der Waals surface area contributed by atoms with E-state index in [2.05, 4.69) is 32.0 Å². The van der Waals surface area contributed by atoms with Gasteiger partial charge >= 0.3 is 0 Å². The minimum absolute atomic E-state index is 0.531. The molecule has 0 aliphatic heterocycles. The van der Waals surface area contributed by atoms with Crippen LogP contribution in [0.5, 0.6) is 0 Å². The monoisotopic (exact) mass is 250 g/mol. The zero-order chi connectivity index (χ0) is 12.3. The quantitative estimate of drug-likeness (QED) is 0.665. The molecule has 1 aliphatic carbocycles. The van der Waals surface area contributed by atoms with Gasteiger partial charge < -0.3 is 0 Å². The Morgan fingerprint density at radius 2 is 1.82 bits per heavy atom. The molecule has 1 aromatic rings. The first kappa shape index (κ1) is 13.0. The average Bonchev–Trinajstić information content (AvgIpc) is 2.35. The molecular formula is C16H23Cl. The summed E-state index contributed by atoms with van der Waals surface area (Å²) in [4.78, 5) is 0. The van der Waals surface area contributed by atoms with Crippen molar-refractivity contribution in [1.29, 1.82) is 0 Å². The normalized spacial score (nSPS) is 16.9. The number of benzene rings is 1. The zero-order valence-corrected chi connectivity index (χ0v) is 11.8. The molecule has 94 valence electrons. The second-order valence-corrected chi connectivity index (χ2v) is 6.02. The molecule has 0 saturated carbocycles. The third-order valence-corrected chi connectivity index (χ3v) is 4.16. The number of rotatable bonds is 4. The zero-order valence-electron chi connectivity index (χ0n) is 11.0. The van der Waals surface area contributed by atoms with Gasteiger partial charge in [0.05, 0.1) is 0 Å². The Bertz CT molecular complexity index is 368. The average molecular weight is 251 g/mol. The van der Waals surface area contributed by atoms with Crippen molar-refractivity contribution in [3.05, 3.63) is 34.9 Å². The van der Waals surface area contributed by atoms with Crippen molar-refractivity contribution in [2.75, 3.05) is 5.88 Å². The van der Waals surface area contributed by atoms with Crippen molar-refractivity contribution in [1.82, 2.24) is 0 Å². The summed E-state index contributed by atoms with van der Waals surface area (Å²) in [5, 5.41) is 0. The molecule has 0 heterocycles. The van der Waals surface area contributed by atoms with E-state index in [9.17, 15) is 0 Å². The Morgan fingerprint density at radius 3 is 2.47 bits per heavy atom. The van der Waals surface area contributed by atoms with Crippen molar-refractivity contribution in [3.8, 4) is 0 Å². The summed E-state index contributed by atoms with van der Waals surface area (Å²) in [6.07, 6.45) is 6.44. The molecule has 0 spiro atoms. The third-order valence-electron chi connectivity index (χ3n) is 3.79. The molecule has 2 rings (SSSR count). The summed E-state index contributed by atoms with van der Waals surface area (Å²) >= 11 is 6.13. The first-order chi connectivity index (χ1) is 8.20. The van der Waals surface area contributed by atoms with Gasteiger partial charge in [0.2, 0.25) is 0 Å². The highest BCUT2D eigenvalue weighted by Crippen LogP contribution is 2.29. The summed E-state index contributed by atoms with van der Waals surface area (Å²) in [5.41, 5.74) is 4.60. The molecule has 1 unspecified atom stereocenters. The number of aryl methyl sites for hydroxylation is 2. The molecule has 0 radical (unpaired) electrons. The summed E-state index contributed by atoms with van der Waals surface area (Å²) in [5.74, 6) is 2.00. The largest absolute Gasteiger partial charge is 0.126 e. The molecule has 1 atom stereocenters. The number of hydrogen-bond acceptors (Lipinski definition) is 0. The van der Waals surface area contributed by atoms with E-state index in [0.717, 1.165) is 11.8 Å². The fraction of sp³-hybridized carbons (Fsp3) is 0.625. The van der Waals surface area contributed by atoms with Crippen LogP contribution in [0.15, 0.2) is 18.2 Å². The first-order valence-corrected chi connectivity index (χ1v) is 7.42. The van der Waals surface area contributed by atoms with Crippen LogP contribution in [0.1, 0.15) is 55.7 Å². The Kier molecular flexibility index (Phi) is 4.50. The third kappa shape index (κ3) is 3.25. The Balaban J connectivity index is 2.19. The lowest BCUT2D eigenvalue weighted by molar-refractivity contribution is 0.526. The second-order valence-electron chi connectivity index (χ2n) is 5.72. The molecule has 0 saturated heterocycles. The Morgan fingerprint density at radius 1 is 1.12 bits per heavy atom. The molecule has 0 aromatic heterocycles. The molecule has 1 heteroatoms. The molecule has 0 bridgehead atoms. The highest BCUT2D eigenvalue weighted by Gasteiger charge is 2.15. The van der Waals surface area contributed by atoms with Gasteiger partial charge in [0.25, 0.3) is 0 Å². The standard InChI is InChI=1S/C16H23Cl/c1-12(2)9-16(11-17)15-8-7-13-5-3-4-6-14(13)10-15/h7-8,10,12,16H,3-6,9,11H2,1-2H3. The Hall–Kier alpha value is -0.490. The molecule has 0 fully saturated rings. The van der Waals surface area contributed by atoms with E-state index in [1.165, 1.54) is 37.7 Å². The van der Waals surface area contributed by atoms with Crippen molar-refractivity contribution in [3.63, 3.8) is 0 Å². The lowest BCUT2D eigenvalue weighted by Crippen LogP contribution is -2.08. The molecule has 1 aliphatic rings. The summed E-state index contributed by atoms with van der Waals surface area (Å²) in [6, 6.07) is 7.06. The van der Waals surface area contributed by atoms with Gasteiger partial charge in [-0.25, -0.2) is 0 Å². The molecule has 17 heavy (non-hydrogen) atoms. The summed E-state index contributed by atoms with van der Waals surface area (Å²) in [6.45, 7) is 4.55. The van der Waals surface area contributed by atoms with Crippen molar-refractivity contribution < 1.29 is 0 Å². The van der Waals surface area contributed by atoms with E-state index < -0.39 is 0 Å². The minimum atomic E-state index is 0.531. The highest BCUT2D eigenvalue weighted by atomic mass is 35.5. The van der Waals surface area contributed by atoms with Crippen LogP contribution in [-0.2, 0) is 12.8 Å². The predicted octanol–water partition coefficient (Wildman–Crippen LogP) is 4.93. The van der Waals surface area contributed by atoms with E-state index in [-0.39, 0.29) is 0 Å². The van der Waals surface area contributed by atoms with Crippen LogP contribution in [-0.4, -0.2) is 5.88 Å². The fourth-order valence-corrected chi connectivity index (χ4v) is 3.17. The maximum absolute atomic E-state index is 6.13. The van der Waals surface area contributed by atoms with Gasteiger partial charge in [-0.1, -0.05) is 32.0 Å². The van der Waals surface area contributed by atoms with Gasteiger partial charge in [-0.15, -0.1) is 11.6 Å². The predicted molar refractivity (Wildman–Crippen MR) is 76.0 cm³/mol. The van der Waals surface area contributed by atoms with Gasteiger partial charge in [-0.2, -0.15) is 0 Å². The van der Waals surface area contributed by atoms with Gasteiger partial charge in [0, 0.05) is 5.88 Å².